The van der Waals surface area contributed by atoms with Crippen LogP contribution in [0.25, 0.3) is 0 Å². The molecule has 0 saturated carbocycles. The summed E-state index contributed by atoms with van der Waals surface area (Å²) in [6, 6.07) is 8.34. The number of hydrogen-bond acceptors (Lipinski definition) is 8. The number of carbonyl (C=O) groups excluding carboxylic acids is 4. The molecular weight excluding hydrogens is 746 g/mol. The van der Waals surface area contributed by atoms with Crippen LogP contribution in [0, 0.1) is 11.6 Å². The number of fused-ring (bicyclic) bond motifs is 1. The van der Waals surface area contributed by atoms with Crippen LogP contribution in [0.4, 0.5) is 25.0 Å². The number of nitrogens with zero attached hydrogens (tertiary/aromatic N) is 2. The van der Waals surface area contributed by atoms with Crippen LogP contribution in [0.15, 0.2) is 60.7 Å². The summed E-state index contributed by atoms with van der Waals surface area (Å²) in [6.45, 7) is 14.5. The third kappa shape index (κ3) is 15.9. The van der Waals surface area contributed by atoms with Crippen LogP contribution in [0.5, 0.6) is 0 Å². The first kappa shape index (κ1) is 49.1. The van der Waals surface area contributed by atoms with E-state index in [1.54, 1.807) is 11.0 Å². The number of piperidine rings is 2. The van der Waals surface area contributed by atoms with Crippen molar-refractivity contribution in [2.24, 2.45) is 0 Å². The third-order valence-electron chi connectivity index (χ3n) is 8.36. The van der Waals surface area contributed by atoms with Crippen LogP contribution >= 0.6 is 15.9 Å². The van der Waals surface area contributed by atoms with Crippen molar-refractivity contribution in [3.63, 3.8) is 0 Å². The summed E-state index contributed by atoms with van der Waals surface area (Å²) in [7, 11) is 0. The maximum absolute atomic E-state index is 13.5. The minimum Gasteiger partial charge on any atom is -0.444 e. The molecule has 2 saturated heterocycles. The van der Waals surface area contributed by atoms with Crippen molar-refractivity contribution in [2.75, 3.05) is 48.7 Å². The van der Waals surface area contributed by atoms with E-state index >= 15 is 0 Å². The summed E-state index contributed by atoms with van der Waals surface area (Å²) in [5.74, 6) is -0.700. The van der Waals surface area contributed by atoms with Crippen molar-refractivity contribution in [3.8, 4) is 0 Å². The zero-order valence-corrected chi connectivity index (χ0v) is 32.3. The Morgan fingerprint density at radius 2 is 1.53 bits per heavy atom. The molecule has 53 heavy (non-hydrogen) atoms. The SMILES string of the molecule is C.C.C/C=C/CBr.C/C=C/CN1c2ccc(F)cc2C(=O)CC12CCNCC2.CC(=O)c1cc(F)ccc1N.CC(C)(C)OC(=O)N1CCC(=O)CC1. The van der Waals surface area contributed by atoms with Crippen LogP contribution in [-0.4, -0.2) is 77.5 Å². The average Bonchev–Trinajstić information content (AvgIpc) is 3.07. The van der Waals surface area contributed by atoms with Gasteiger partial charge < -0.3 is 25.6 Å². The number of ketones is 3. The fraction of sp³-hybridized carbons (Fsp3) is 0.512. The molecule has 0 atom stereocenters. The number of benzene rings is 2. The number of amides is 1. The first-order valence-corrected chi connectivity index (χ1v) is 18.3. The summed E-state index contributed by atoms with van der Waals surface area (Å²) in [5, 5.41) is 4.34. The number of rotatable bonds is 4. The van der Waals surface area contributed by atoms with Gasteiger partial charge in [0.15, 0.2) is 11.6 Å². The number of nitrogen functional groups attached to an aromatic ring is 1. The first-order chi connectivity index (χ1) is 24.1. The zero-order valence-electron chi connectivity index (χ0n) is 30.7. The van der Waals surface area contributed by atoms with E-state index in [9.17, 15) is 28.0 Å². The number of allylic oxidation sites excluding steroid dienone is 3. The Kier molecular flexibility index (Phi) is 22.0. The van der Waals surface area contributed by atoms with E-state index < -0.39 is 11.4 Å². The lowest BCUT2D eigenvalue weighted by Gasteiger charge is -2.50. The summed E-state index contributed by atoms with van der Waals surface area (Å²) in [6.07, 6.45) is 11.2. The molecule has 1 spiro atoms. The van der Waals surface area contributed by atoms with E-state index in [0.29, 0.717) is 43.6 Å². The Bertz CT molecular complexity index is 1540. The Labute approximate surface area is 324 Å². The lowest BCUT2D eigenvalue weighted by molar-refractivity contribution is -0.121. The molecule has 3 aliphatic rings. The number of carbonyl (C=O) groups is 4. The molecule has 0 bridgehead atoms. The summed E-state index contributed by atoms with van der Waals surface area (Å²) in [5.41, 5.74) is 6.80. The highest BCUT2D eigenvalue weighted by atomic mass is 79.9. The summed E-state index contributed by atoms with van der Waals surface area (Å²) in [4.78, 5) is 49.6. The largest absolute Gasteiger partial charge is 0.444 e. The molecule has 0 aromatic heterocycles. The van der Waals surface area contributed by atoms with Crippen LogP contribution in [0.1, 0.15) is 109 Å². The number of hydrogen-bond donors (Lipinski definition) is 2. The van der Waals surface area contributed by atoms with Gasteiger partial charge >= 0.3 is 6.09 Å². The summed E-state index contributed by atoms with van der Waals surface area (Å²) < 4.78 is 31.2. The second-order valence-corrected chi connectivity index (χ2v) is 14.1. The molecule has 3 heterocycles. The second kappa shape index (κ2) is 23.7. The molecule has 0 radical (unpaired) electrons. The molecule has 1 amide bonds. The predicted octanol–water partition coefficient (Wildman–Crippen LogP) is 9.34. The molecule has 3 aliphatic heterocycles. The minimum atomic E-state index is -0.460. The topological polar surface area (TPSA) is 122 Å². The minimum absolute atomic E-state index is 0. The highest BCUT2D eigenvalue weighted by Gasteiger charge is 2.44. The van der Waals surface area contributed by atoms with Crippen molar-refractivity contribution < 1.29 is 32.7 Å². The highest BCUT2D eigenvalue weighted by Crippen LogP contribution is 2.42. The maximum Gasteiger partial charge on any atom is 0.410 e. The maximum atomic E-state index is 13.5. The number of ether oxygens (including phenoxy) is 1. The smallest absolute Gasteiger partial charge is 0.410 e. The van der Waals surface area contributed by atoms with Gasteiger partial charge in [-0.2, -0.15) is 0 Å². The van der Waals surface area contributed by atoms with Gasteiger partial charge in [-0.1, -0.05) is 55.1 Å². The summed E-state index contributed by atoms with van der Waals surface area (Å²) >= 11 is 3.22. The van der Waals surface area contributed by atoms with E-state index in [1.807, 2.05) is 52.8 Å². The Hall–Kier alpha value is -3.90. The van der Waals surface area contributed by atoms with Gasteiger partial charge in [0.2, 0.25) is 0 Å². The van der Waals surface area contributed by atoms with Gasteiger partial charge in [-0.25, -0.2) is 13.6 Å². The number of nitrogens with two attached hydrogens (primary N) is 1. The molecule has 0 aliphatic carbocycles. The highest BCUT2D eigenvalue weighted by molar-refractivity contribution is 9.09. The van der Waals surface area contributed by atoms with Gasteiger partial charge in [-0.05, 0) is 104 Å². The van der Waals surface area contributed by atoms with Gasteiger partial charge in [0, 0.05) is 66.7 Å². The Balaban J connectivity index is 0.000000740. The van der Waals surface area contributed by atoms with Crippen LogP contribution in [0.3, 0.4) is 0 Å². The predicted molar refractivity (Wildman–Crippen MR) is 217 cm³/mol. The fourth-order valence-electron chi connectivity index (χ4n) is 5.74. The molecule has 3 N–H and O–H groups in total. The van der Waals surface area contributed by atoms with Crippen molar-refractivity contribution in [2.45, 2.75) is 99.6 Å². The number of likely N-dealkylation sites (tertiary alicyclic amines) is 1. The monoisotopic (exact) mass is 806 g/mol. The van der Waals surface area contributed by atoms with Gasteiger partial charge in [-0.15, -0.1) is 0 Å². The van der Waals surface area contributed by atoms with E-state index in [0.717, 1.165) is 49.6 Å². The molecular formula is C41H61BrF2N4O5. The number of halogens is 3. The van der Waals surface area contributed by atoms with Crippen molar-refractivity contribution in [1.29, 1.82) is 0 Å². The first-order valence-electron chi connectivity index (χ1n) is 17.2. The van der Waals surface area contributed by atoms with Crippen LogP contribution in [0.2, 0.25) is 0 Å². The van der Waals surface area contributed by atoms with Gasteiger partial charge in [0.25, 0.3) is 0 Å². The van der Waals surface area contributed by atoms with Crippen molar-refractivity contribution in [3.05, 3.63) is 83.5 Å². The van der Waals surface area contributed by atoms with Crippen molar-refractivity contribution >= 4 is 50.7 Å². The molecule has 5 rings (SSSR count). The van der Waals surface area contributed by atoms with E-state index in [-0.39, 0.29) is 55.2 Å². The zero-order chi connectivity index (χ0) is 38.2. The third-order valence-corrected chi connectivity index (χ3v) is 8.74. The lowest BCUT2D eigenvalue weighted by Crippen LogP contribution is -2.58. The molecule has 9 nitrogen and oxygen atoms in total. The standard InChI is InChI=1S/C17H21FN2O.C10H17NO3.C8H8FNO.C4H7Br.2CH4/c1-2-3-10-20-15-5-4-13(18)11-14(15)16(21)12-17(20)6-8-19-9-7-17;1-10(2,3)14-9(13)11-6-4-8(12)5-7-11;1-5(11)7-4-6(9)2-3-8(7)10;1-2-3-4-5;;/h2-5,11,19H,6-10,12H2,1H3;4-7H2,1-3H3;2-4H,10H2,1H3;2-3H,4H2,1H3;2*1H4/b3-2+;;;3-2+;;. The second-order valence-electron chi connectivity index (χ2n) is 13.4. The normalized spacial score (nSPS) is 16.1. The van der Waals surface area contributed by atoms with Crippen LogP contribution < -0.4 is 16.0 Å². The van der Waals surface area contributed by atoms with Gasteiger partial charge in [-0.3, -0.25) is 14.4 Å². The number of anilines is 2. The van der Waals surface area contributed by atoms with Crippen molar-refractivity contribution in [1.82, 2.24) is 10.2 Å². The average molecular weight is 808 g/mol. The Morgan fingerprint density at radius 1 is 0.962 bits per heavy atom. The van der Waals surface area contributed by atoms with E-state index in [2.05, 4.69) is 32.2 Å². The van der Waals surface area contributed by atoms with Gasteiger partial charge in [0.1, 0.15) is 23.0 Å². The quantitative estimate of drug-likeness (QED) is 0.136. The molecule has 0 unspecified atom stereocenters. The lowest BCUT2D eigenvalue weighted by atomic mass is 9.76. The molecule has 12 heteroatoms. The molecule has 2 fully saturated rings. The fourth-order valence-corrected chi connectivity index (χ4v) is 6.12. The Morgan fingerprint density at radius 3 is 2.02 bits per heavy atom. The number of Topliss-reactive ketones (excluding diaryl/α,β-unsaturated/α-hetero) is 3. The van der Waals surface area contributed by atoms with Gasteiger partial charge in [0.05, 0.1) is 5.54 Å². The molecule has 2 aromatic rings. The van der Waals surface area contributed by atoms with E-state index in [4.69, 9.17) is 10.5 Å². The number of nitrogens with one attached hydrogen (secondary N) is 1. The van der Waals surface area contributed by atoms with Crippen LogP contribution in [-0.2, 0) is 9.53 Å². The molecule has 2 aromatic carbocycles. The number of alkyl halides is 1. The van der Waals surface area contributed by atoms with E-state index in [1.165, 1.54) is 31.2 Å². The molecule has 296 valence electrons.